The molecule has 0 saturated carbocycles. The molecule has 1 N–H and O–H groups in total. The first-order valence-corrected chi connectivity index (χ1v) is 6.84. The molecule has 0 spiro atoms. The van der Waals surface area contributed by atoms with Gasteiger partial charge < -0.3 is 5.11 Å². The summed E-state index contributed by atoms with van der Waals surface area (Å²) < 4.78 is 22.6. The Labute approximate surface area is 93.8 Å². The van der Waals surface area contributed by atoms with Gasteiger partial charge in [0.25, 0.3) is 0 Å². The highest BCUT2D eigenvalue weighted by molar-refractivity contribution is 7.91. The topological polar surface area (TPSA) is 71.4 Å². The fourth-order valence-electron chi connectivity index (χ4n) is 1.96. The molecule has 1 saturated heterocycles. The van der Waals surface area contributed by atoms with Gasteiger partial charge in [-0.2, -0.15) is 0 Å². The van der Waals surface area contributed by atoms with Gasteiger partial charge in [-0.15, -0.1) is 0 Å². The van der Waals surface area contributed by atoms with Gasteiger partial charge in [0.2, 0.25) is 0 Å². The molecular weight excluding hydrogens is 228 g/mol. The summed E-state index contributed by atoms with van der Waals surface area (Å²) in [4.78, 5) is 10.6. The number of carboxylic acid groups (broad SMARTS) is 1. The summed E-state index contributed by atoms with van der Waals surface area (Å²) in [6, 6.07) is 6.44. The SMILES string of the molecule is O=C(O)c1ccc([C@H]2CCS(=O)(=O)C2)cc1. The summed E-state index contributed by atoms with van der Waals surface area (Å²) in [6.07, 6.45) is 0.634. The number of rotatable bonds is 2. The van der Waals surface area contributed by atoms with E-state index in [-0.39, 0.29) is 23.0 Å². The lowest BCUT2D eigenvalue weighted by atomic mass is 9.98. The molecule has 5 heteroatoms. The summed E-state index contributed by atoms with van der Waals surface area (Å²) in [6.45, 7) is 0. The van der Waals surface area contributed by atoms with Crippen LogP contribution in [-0.2, 0) is 9.84 Å². The molecule has 0 unspecified atom stereocenters. The Balaban J connectivity index is 2.20. The largest absolute Gasteiger partial charge is 0.478 e. The Morgan fingerprint density at radius 1 is 1.25 bits per heavy atom. The van der Waals surface area contributed by atoms with Crippen molar-refractivity contribution in [2.24, 2.45) is 0 Å². The second kappa shape index (κ2) is 3.90. The third-order valence-corrected chi connectivity index (χ3v) is 4.63. The highest BCUT2D eigenvalue weighted by Crippen LogP contribution is 2.28. The van der Waals surface area contributed by atoms with Gasteiger partial charge in [-0.3, -0.25) is 0 Å². The zero-order valence-corrected chi connectivity index (χ0v) is 9.40. The van der Waals surface area contributed by atoms with E-state index in [2.05, 4.69) is 0 Å². The molecule has 1 aromatic rings. The Bertz CT molecular complexity index is 501. The van der Waals surface area contributed by atoms with E-state index in [1.165, 1.54) is 12.1 Å². The maximum atomic E-state index is 11.3. The maximum Gasteiger partial charge on any atom is 0.335 e. The number of sulfone groups is 1. The van der Waals surface area contributed by atoms with Crippen molar-refractivity contribution in [3.05, 3.63) is 35.4 Å². The van der Waals surface area contributed by atoms with Crippen LogP contribution in [-0.4, -0.2) is 31.0 Å². The number of hydrogen-bond donors (Lipinski definition) is 1. The van der Waals surface area contributed by atoms with Crippen molar-refractivity contribution in [2.75, 3.05) is 11.5 Å². The molecule has 0 aromatic heterocycles. The van der Waals surface area contributed by atoms with Gasteiger partial charge in [0.1, 0.15) is 0 Å². The van der Waals surface area contributed by atoms with E-state index in [1.54, 1.807) is 12.1 Å². The van der Waals surface area contributed by atoms with Crippen LogP contribution in [0.25, 0.3) is 0 Å². The first-order valence-electron chi connectivity index (χ1n) is 5.01. The lowest BCUT2D eigenvalue weighted by Crippen LogP contribution is -2.04. The van der Waals surface area contributed by atoms with Crippen LogP contribution >= 0.6 is 0 Å². The Morgan fingerprint density at radius 2 is 1.88 bits per heavy atom. The summed E-state index contributed by atoms with van der Waals surface area (Å²) in [5.74, 6) is -0.531. The fraction of sp³-hybridized carbons (Fsp3) is 0.364. The first-order chi connectivity index (χ1) is 7.48. The molecule has 1 heterocycles. The van der Waals surface area contributed by atoms with E-state index in [4.69, 9.17) is 5.11 Å². The summed E-state index contributed by atoms with van der Waals surface area (Å²) >= 11 is 0. The number of carbonyl (C=O) groups is 1. The molecule has 0 bridgehead atoms. The molecule has 1 fully saturated rings. The van der Waals surface area contributed by atoms with E-state index in [0.29, 0.717) is 6.42 Å². The van der Waals surface area contributed by atoms with Crippen LogP contribution in [0.1, 0.15) is 28.3 Å². The molecule has 0 aliphatic carbocycles. The monoisotopic (exact) mass is 240 g/mol. The third-order valence-electron chi connectivity index (χ3n) is 2.86. The number of aromatic carboxylic acids is 1. The molecule has 0 amide bonds. The van der Waals surface area contributed by atoms with Crippen LogP contribution in [0.5, 0.6) is 0 Å². The van der Waals surface area contributed by atoms with Crippen molar-refractivity contribution in [1.29, 1.82) is 0 Å². The molecule has 1 aromatic carbocycles. The molecule has 1 aliphatic heterocycles. The summed E-state index contributed by atoms with van der Waals surface area (Å²) in [5, 5.41) is 8.73. The predicted octanol–water partition coefficient (Wildman–Crippen LogP) is 1.29. The fourth-order valence-corrected chi connectivity index (χ4v) is 3.74. The molecule has 16 heavy (non-hydrogen) atoms. The van der Waals surface area contributed by atoms with Gasteiger partial charge in [-0.1, -0.05) is 12.1 Å². The molecular formula is C11H12O4S. The Kier molecular flexibility index (Phi) is 2.71. The standard InChI is InChI=1S/C11H12O4S/c12-11(13)9-3-1-8(2-4-9)10-5-6-16(14,15)7-10/h1-4,10H,5-7H2,(H,12,13)/t10-/m0/s1. The second-order valence-electron chi connectivity index (χ2n) is 4.03. The van der Waals surface area contributed by atoms with Crippen molar-refractivity contribution in [3.63, 3.8) is 0 Å². The smallest absolute Gasteiger partial charge is 0.335 e. The molecule has 1 aliphatic rings. The maximum absolute atomic E-state index is 11.3. The van der Waals surface area contributed by atoms with Crippen LogP contribution in [0, 0.1) is 0 Å². The van der Waals surface area contributed by atoms with Crippen molar-refractivity contribution >= 4 is 15.8 Å². The number of benzene rings is 1. The number of hydrogen-bond acceptors (Lipinski definition) is 3. The van der Waals surface area contributed by atoms with Crippen LogP contribution in [0.4, 0.5) is 0 Å². The van der Waals surface area contributed by atoms with Crippen molar-refractivity contribution in [3.8, 4) is 0 Å². The van der Waals surface area contributed by atoms with E-state index in [0.717, 1.165) is 5.56 Å². The average molecular weight is 240 g/mol. The Morgan fingerprint density at radius 3 is 2.31 bits per heavy atom. The van der Waals surface area contributed by atoms with Crippen LogP contribution in [0.3, 0.4) is 0 Å². The lowest BCUT2D eigenvalue weighted by Gasteiger charge is -2.07. The zero-order chi connectivity index (χ0) is 11.8. The van der Waals surface area contributed by atoms with Gasteiger partial charge >= 0.3 is 5.97 Å². The van der Waals surface area contributed by atoms with E-state index in [1.807, 2.05) is 0 Å². The third kappa shape index (κ3) is 2.24. The first kappa shape index (κ1) is 11.1. The van der Waals surface area contributed by atoms with Crippen LogP contribution in [0.15, 0.2) is 24.3 Å². The van der Waals surface area contributed by atoms with Gasteiger partial charge in [0, 0.05) is 0 Å². The quantitative estimate of drug-likeness (QED) is 0.845. The van der Waals surface area contributed by atoms with Crippen molar-refractivity contribution in [2.45, 2.75) is 12.3 Å². The van der Waals surface area contributed by atoms with Gasteiger partial charge in [-0.05, 0) is 30.0 Å². The van der Waals surface area contributed by atoms with E-state index in [9.17, 15) is 13.2 Å². The molecule has 86 valence electrons. The molecule has 0 radical (unpaired) electrons. The van der Waals surface area contributed by atoms with E-state index < -0.39 is 15.8 Å². The van der Waals surface area contributed by atoms with Gasteiger partial charge in [0.05, 0.1) is 17.1 Å². The lowest BCUT2D eigenvalue weighted by molar-refractivity contribution is 0.0697. The molecule has 2 rings (SSSR count). The highest BCUT2D eigenvalue weighted by Gasteiger charge is 2.28. The summed E-state index contributed by atoms with van der Waals surface area (Å²) in [7, 11) is -2.89. The van der Waals surface area contributed by atoms with Gasteiger partial charge in [0.15, 0.2) is 9.84 Å². The molecule has 1 atom stereocenters. The second-order valence-corrected chi connectivity index (χ2v) is 6.26. The number of carboxylic acids is 1. The van der Waals surface area contributed by atoms with E-state index >= 15 is 0 Å². The molecule has 4 nitrogen and oxygen atoms in total. The van der Waals surface area contributed by atoms with Crippen molar-refractivity contribution < 1.29 is 18.3 Å². The predicted molar refractivity (Wildman–Crippen MR) is 59.4 cm³/mol. The highest BCUT2D eigenvalue weighted by atomic mass is 32.2. The minimum absolute atomic E-state index is 0.0212. The minimum atomic E-state index is -2.89. The zero-order valence-electron chi connectivity index (χ0n) is 8.59. The average Bonchev–Trinajstić information content (AvgIpc) is 2.59. The van der Waals surface area contributed by atoms with Crippen molar-refractivity contribution in [1.82, 2.24) is 0 Å². The summed E-state index contributed by atoms with van der Waals surface area (Å²) in [5.41, 5.74) is 1.13. The van der Waals surface area contributed by atoms with Gasteiger partial charge in [-0.25, -0.2) is 13.2 Å². The normalized spacial score (nSPS) is 23.1. The Hall–Kier alpha value is -1.36. The minimum Gasteiger partial charge on any atom is -0.478 e. The van der Waals surface area contributed by atoms with Crippen LogP contribution in [0.2, 0.25) is 0 Å². The van der Waals surface area contributed by atoms with Crippen LogP contribution < -0.4 is 0 Å².